The molecule has 128 valence electrons. The van der Waals surface area contributed by atoms with Gasteiger partial charge in [-0.05, 0) is 42.3 Å². The molecule has 1 aliphatic rings. The van der Waals surface area contributed by atoms with Crippen LogP contribution in [0.2, 0.25) is 0 Å². The van der Waals surface area contributed by atoms with Crippen molar-refractivity contribution in [1.29, 1.82) is 0 Å². The van der Waals surface area contributed by atoms with Crippen LogP contribution in [0.5, 0.6) is 0 Å². The maximum atomic E-state index is 11.8. The summed E-state index contributed by atoms with van der Waals surface area (Å²) in [5.74, 6) is 0.247. The average molecular weight is 343 g/mol. The van der Waals surface area contributed by atoms with Gasteiger partial charge in [-0.25, -0.2) is 0 Å². The van der Waals surface area contributed by atoms with Gasteiger partial charge >= 0.3 is 0 Å². The first-order valence-corrected chi connectivity index (χ1v) is 9.42. The lowest BCUT2D eigenvalue weighted by atomic mass is 9.97. The highest BCUT2D eigenvalue weighted by molar-refractivity contribution is 7.09. The third kappa shape index (κ3) is 4.66. The Morgan fingerprint density at radius 1 is 1.29 bits per heavy atom. The Morgan fingerprint density at radius 2 is 2.12 bits per heavy atom. The van der Waals surface area contributed by atoms with Gasteiger partial charge in [0.05, 0.1) is 0 Å². The number of carbonyl (C=O) groups is 1. The molecule has 0 aliphatic carbocycles. The van der Waals surface area contributed by atoms with Crippen LogP contribution in [0.25, 0.3) is 0 Å². The van der Waals surface area contributed by atoms with Crippen LogP contribution in [-0.2, 0) is 11.3 Å². The van der Waals surface area contributed by atoms with Crippen molar-refractivity contribution in [3.05, 3.63) is 58.3 Å². The molecule has 0 radical (unpaired) electrons. The number of hydrogen-bond acceptors (Lipinski definition) is 4. The second-order valence-corrected chi connectivity index (χ2v) is 7.51. The van der Waals surface area contributed by atoms with E-state index in [0.29, 0.717) is 5.92 Å². The molecule has 0 saturated carbocycles. The van der Waals surface area contributed by atoms with Crippen LogP contribution >= 0.6 is 11.3 Å². The highest BCUT2D eigenvalue weighted by Gasteiger charge is 2.23. The number of thiophene rings is 1. The van der Waals surface area contributed by atoms with Crippen LogP contribution in [0.4, 0.5) is 0 Å². The Kier molecular flexibility index (Phi) is 6.01. The zero-order chi connectivity index (χ0) is 16.8. The lowest BCUT2D eigenvalue weighted by Gasteiger charge is -2.33. The number of benzene rings is 1. The quantitative estimate of drug-likeness (QED) is 0.813. The van der Waals surface area contributed by atoms with E-state index in [4.69, 9.17) is 5.73 Å². The molecule has 1 aliphatic heterocycles. The third-order valence-electron chi connectivity index (χ3n) is 4.59. The number of nitrogens with zero attached hydrogens (tertiary/aromatic N) is 1. The van der Waals surface area contributed by atoms with Gasteiger partial charge in [-0.3, -0.25) is 9.69 Å². The molecule has 0 unspecified atom stereocenters. The van der Waals surface area contributed by atoms with Crippen molar-refractivity contribution in [2.75, 3.05) is 19.6 Å². The molecule has 0 bridgehead atoms. The Labute approximate surface area is 147 Å². The summed E-state index contributed by atoms with van der Waals surface area (Å²) < 4.78 is 0. The van der Waals surface area contributed by atoms with Crippen molar-refractivity contribution >= 4 is 17.2 Å². The molecule has 4 nitrogen and oxygen atoms in total. The fourth-order valence-corrected chi connectivity index (χ4v) is 4.14. The Morgan fingerprint density at radius 3 is 2.83 bits per heavy atom. The van der Waals surface area contributed by atoms with Gasteiger partial charge in [-0.2, -0.15) is 0 Å². The monoisotopic (exact) mass is 343 g/mol. The van der Waals surface area contributed by atoms with Crippen molar-refractivity contribution in [2.45, 2.75) is 25.4 Å². The van der Waals surface area contributed by atoms with Crippen LogP contribution in [0.3, 0.4) is 0 Å². The molecule has 3 N–H and O–H groups in total. The summed E-state index contributed by atoms with van der Waals surface area (Å²) in [6.45, 7) is 4.09. The minimum absolute atomic E-state index is 0.313. The second-order valence-electron chi connectivity index (χ2n) is 6.48. The highest BCUT2D eigenvalue weighted by Crippen LogP contribution is 2.21. The van der Waals surface area contributed by atoms with Gasteiger partial charge in [0.25, 0.3) is 0 Å². The van der Waals surface area contributed by atoms with Crippen molar-refractivity contribution in [1.82, 2.24) is 10.2 Å². The number of nitrogens with one attached hydrogen (secondary N) is 1. The minimum Gasteiger partial charge on any atom is -0.368 e. The molecular weight excluding hydrogens is 318 g/mol. The van der Waals surface area contributed by atoms with Gasteiger partial charge in [-0.1, -0.05) is 36.4 Å². The summed E-state index contributed by atoms with van der Waals surface area (Å²) in [6, 6.07) is 13.6. The maximum Gasteiger partial charge on any atom is 0.239 e. The van der Waals surface area contributed by atoms with E-state index < -0.39 is 6.04 Å². The fraction of sp³-hybridized carbons (Fsp3) is 0.421. The van der Waals surface area contributed by atoms with Crippen LogP contribution in [0, 0.1) is 5.92 Å². The van der Waals surface area contributed by atoms with Crippen molar-refractivity contribution in [2.24, 2.45) is 11.7 Å². The highest BCUT2D eigenvalue weighted by atomic mass is 32.1. The molecule has 1 aromatic heterocycles. The lowest BCUT2D eigenvalue weighted by Crippen LogP contribution is -2.42. The number of likely N-dealkylation sites (tertiary alicyclic amines) is 1. The van der Waals surface area contributed by atoms with Crippen LogP contribution in [-0.4, -0.2) is 30.4 Å². The second kappa shape index (κ2) is 8.42. The topological polar surface area (TPSA) is 58.4 Å². The predicted molar refractivity (Wildman–Crippen MR) is 98.7 cm³/mol. The summed E-state index contributed by atoms with van der Waals surface area (Å²) in [6.07, 6.45) is 2.42. The number of hydrogen-bond donors (Lipinski definition) is 2. The Bertz CT molecular complexity index is 629. The van der Waals surface area contributed by atoms with Crippen molar-refractivity contribution in [3.63, 3.8) is 0 Å². The zero-order valence-corrected chi connectivity index (χ0v) is 14.7. The number of amides is 1. The third-order valence-corrected chi connectivity index (χ3v) is 5.45. The maximum absolute atomic E-state index is 11.8. The molecule has 2 heterocycles. The van der Waals surface area contributed by atoms with Crippen molar-refractivity contribution in [3.8, 4) is 0 Å². The zero-order valence-electron chi connectivity index (χ0n) is 13.9. The number of nitrogens with two attached hydrogens (primary N) is 1. The van der Waals surface area contributed by atoms with E-state index in [9.17, 15) is 4.79 Å². The summed E-state index contributed by atoms with van der Waals surface area (Å²) in [5, 5.41) is 5.52. The van der Waals surface area contributed by atoms with E-state index >= 15 is 0 Å². The van der Waals surface area contributed by atoms with E-state index in [-0.39, 0.29) is 5.91 Å². The summed E-state index contributed by atoms with van der Waals surface area (Å²) >= 11 is 1.82. The molecule has 24 heavy (non-hydrogen) atoms. The lowest BCUT2D eigenvalue weighted by molar-refractivity contribution is -0.120. The van der Waals surface area contributed by atoms with Crippen LogP contribution in [0.15, 0.2) is 47.8 Å². The molecule has 1 fully saturated rings. The van der Waals surface area contributed by atoms with E-state index in [0.717, 1.165) is 31.7 Å². The molecule has 1 amide bonds. The molecule has 1 saturated heterocycles. The smallest absolute Gasteiger partial charge is 0.239 e. The van der Waals surface area contributed by atoms with Crippen molar-refractivity contribution < 1.29 is 4.79 Å². The first kappa shape index (κ1) is 17.1. The summed E-state index contributed by atoms with van der Waals surface area (Å²) in [7, 11) is 0. The fourth-order valence-electron chi connectivity index (χ4n) is 3.40. The van der Waals surface area contributed by atoms with Crippen LogP contribution in [0.1, 0.15) is 29.3 Å². The number of rotatable bonds is 7. The Hall–Kier alpha value is -1.69. The molecule has 1 aromatic carbocycles. The summed E-state index contributed by atoms with van der Waals surface area (Å²) in [4.78, 5) is 15.7. The molecule has 2 aromatic rings. The largest absolute Gasteiger partial charge is 0.368 e. The molecule has 5 heteroatoms. The molecular formula is C19H25N3OS. The van der Waals surface area contributed by atoms with E-state index in [1.165, 1.54) is 17.7 Å². The Balaban J connectivity index is 1.54. The van der Waals surface area contributed by atoms with Gasteiger partial charge in [0.2, 0.25) is 5.91 Å². The SMILES string of the molecule is NC(=O)[C@H](NC[C@@H]1CCCN(Cc2cccs2)C1)c1ccccc1. The number of carbonyl (C=O) groups excluding carboxylic acids is 1. The summed E-state index contributed by atoms with van der Waals surface area (Å²) in [5.41, 5.74) is 6.53. The van der Waals surface area contributed by atoms with Crippen LogP contribution < -0.4 is 11.1 Å². The average Bonchev–Trinajstić information content (AvgIpc) is 3.09. The minimum atomic E-state index is -0.404. The first-order chi connectivity index (χ1) is 11.7. The molecule has 0 spiro atoms. The van der Waals surface area contributed by atoms with E-state index in [1.807, 2.05) is 41.7 Å². The van der Waals surface area contributed by atoms with E-state index in [1.54, 1.807) is 0 Å². The predicted octanol–water partition coefficient (Wildman–Crippen LogP) is 2.78. The van der Waals surface area contributed by atoms with Gasteiger partial charge in [0.15, 0.2) is 0 Å². The van der Waals surface area contributed by atoms with Gasteiger partial charge in [0.1, 0.15) is 6.04 Å². The first-order valence-electron chi connectivity index (χ1n) is 8.55. The van der Waals surface area contributed by atoms with Gasteiger partial charge in [0, 0.05) is 24.5 Å². The van der Waals surface area contributed by atoms with Gasteiger partial charge in [-0.15, -0.1) is 11.3 Å². The van der Waals surface area contributed by atoms with E-state index in [2.05, 4.69) is 27.7 Å². The molecule has 2 atom stereocenters. The number of primary amides is 1. The normalized spacial score (nSPS) is 19.9. The van der Waals surface area contributed by atoms with Gasteiger partial charge < -0.3 is 11.1 Å². The molecule has 3 rings (SSSR count). The number of piperidine rings is 1. The standard InChI is InChI=1S/C19H25N3OS/c20-19(23)18(16-7-2-1-3-8-16)21-12-15-6-4-10-22(13-15)14-17-9-5-11-24-17/h1-3,5,7-9,11,15,18,21H,4,6,10,12-14H2,(H2,20,23)/t15-,18+/m0/s1.